The van der Waals surface area contributed by atoms with E-state index >= 15 is 0 Å². The molecule has 0 saturated carbocycles. The van der Waals surface area contributed by atoms with Gasteiger partial charge in [-0.1, -0.05) is 0 Å². The van der Waals surface area contributed by atoms with E-state index in [1.807, 2.05) is 0 Å². The molecule has 0 unspecified atom stereocenters. The van der Waals surface area contributed by atoms with Crippen LogP contribution in [0.5, 0.6) is 0 Å². The second-order valence-electron chi connectivity index (χ2n) is 3.87. The molecule has 0 aliphatic heterocycles. The summed E-state index contributed by atoms with van der Waals surface area (Å²) < 4.78 is 0. The third kappa shape index (κ3) is 12.3. The average Bonchev–Trinajstić information content (AvgIpc) is 2.21. The maximum atomic E-state index is 2.36. The zero-order valence-electron chi connectivity index (χ0n) is 9.93. The summed E-state index contributed by atoms with van der Waals surface area (Å²) in [4.78, 5) is 2.34. The molecule has 0 rings (SSSR count). The van der Waals surface area contributed by atoms with E-state index in [2.05, 4.69) is 23.8 Å². The van der Waals surface area contributed by atoms with Crippen molar-refractivity contribution >= 4 is 15.0 Å². The molecular weight excluding hydrogens is 235 g/mol. The summed E-state index contributed by atoms with van der Waals surface area (Å²) >= 11 is 0.736. The van der Waals surface area contributed by atoms with Crippen molar-refractivity contribution in [3.63, 3.8) is 0 Å². The van der Waals surface area contributed by atoms with Crippen molar-refractivity contribution in [2.45, 2.75) is 70.5 Å². The number of allylic oxidation sites excluding steroid dienone is 1. The Balaban J connectivity index is 2.88. The van der Waals surface area contributed by atoms with Crippen LogP contribution in [-0.2, 0) is 0 Å². The van der Waals surface area contributed by atoms with Gasteiger partial charge in [0.1, 0.15) is 0 Å². The van der Waals surface area contributed by atoms with E-state index in [1.54, 1.807) is 0 Å². The zero-order chi connectivity index (χ0) is 10.5. The molecule has 0 nitrogen and oxygen atoms in total. The molecule has 0 heterocycles. The van der Waals surface area contributed by atoms with Crippen LogP contribution in [0.3, 0.4) is 0 Å². The van der Waals surface area contributed by atoms with Crippen molar-refractivity contribution in [1.29, 1.82) is 0 Å². The average molecular weight is 261 g/mol. The Morgan fingerprint density at radius 3 is 2.00 bits per heavy atom. The molecule has 0 aromatic heterocycles. The minimum absolute atomic E-state index is 0.736. The Morgan fingerprint density at radius 2 is 1.43 bits per heavy atom. The molecule has 0 aliphatic carbocycles. The molecular formula is C13H26Se. The predicted octanol–water partition coefficient (Wildman–Crippen LogP) is 4.78. The first kappa shape index (κ1) is 14.3. The first-order valence-corrected chi connectivity index (χ1v) is 8.79. The fourth-order valence-electron chi connectivity index (χ4n) is 1.56. The molecule has 0 aromatic carbocycles. The Bertz CT molecular complexity index is 118. The Labute approximate surface area is 96.7 Å². The topological polar surface area (TPSA) is 0 Å². The second-order valence-corrected chi connectivity index (χ2v) is 5.43. The van der Waals surface area contributed by atoms with Crippen LogP contribution >= 0.6 is 0 Å². The van der Waals surface area contributed by atoms with Crippen LogP contribution in [0.25, 0.3) is 0 Å². The van der Waals surface area contributed by atoms with Gasteiger partial charge < -0.3 is 0 Å². The van der Waals surface area contributed by atoms with Gasteiger partial charge in [-0.2, -0.15) is 0 Å². The zero-order valence-corrected chi connectivity index (χ0v) is 11.6. The molecule has 0 radical (unpaired) electrons. The molecule has 0 saturated heterocycles. The van der Waals surface area contributed by atoms with Gasteiger partial charge in [0.15, 0.2) is 0 Å². The van der Waals surface area contributed by atoms with Crippen molar-refractivity contribution in [3.8, 4) is 0 Å². The molecule has 0 fully saturated rings. The van der Waals surface area contributed by atoms with E-state index in [-0.39, 0.29) is 0 Å². The van der Waals surface area contributed by atoms with E-state index in [1.165, 1.54) is 57.8 Å². The molecule has 1 heteroatoms. The monoisotopic (exact) mass is 262 g/mol. The van der Waals surface area contributed by atoms with Crippen molar-refractivity contribution < 1.29 is 0 Å². The van der Waals surface area contributed by atoms with Crippen molar-refractivity contribution in [3.05, 3.63) is 11.1 Å². The summed E-state index contributed by atoms with van der Waals surface area (Å²) in [7, 11) is 0. The third-order valence-corrected chi connectivity index (χ3v) is 3.43. The minimum atomic E-state index is 0.736. The van der Waals surface area contributed by atoms with Gasteiger partial charge >= 0.3 is 96.5 Å². The quantitative estimate of drug-likeness (QED) is 0.392. The first-order chi connectivity index (χ1) is 6.91. The third-order valence-electron chi connectivity index (χ3n) is 2.46. The van der Waals surface area contributed by atoms with Gasteiger partial charge in [0.05, 0.1) is 0 Å². The van der Waals surface area contributed by atoms with Gasteiger partial charge in [0.2, 0.25) is 0 Å². The van der Waals surface area contributed by atoms with Crippen LogP contribution in [0.2, 0.25) is 5.82 Å². The van der Waals surface area contributed by atoms with E-state index in [0.29, 0.717) is 0 Å². The predicted molar refractivity (Wildman–Crippen MR) is 68.0 cm³/mol. The molecule has 14 heavy (non-hydrogen) atoms. The van der Waals surface area contributed by atoms with E-state index in [0.717, 1.165) is 15.0 Å². The summed E-state index contributed by atoms with van der Waals surface area (Å²) in [6.45, 7) is 2.28. The second kappa shape index (κ2) is 13.3. The summed E-state index contributed by atoms with van der Waals surface area (Å²) in [5.41, 5.74) is 0. The first-order valence-electron chi connectivity index (χ1n) is 6.09. The summed E-state index contributed by atoms with van der Waals surface area (Å²) in [6, 6.07) is 0. The standard InChI is InChI=1S/C13H26Se/c1-3-4-5-6-7-8-9-10-11-12-13-14-2/h12-13H,3-11H2,1-2H3/b13-12-. The molecule has 0 N–H and O–H groups in total. The number of hydrogen-bond donors (Lipinski definition) is 0. The fourth-order valence-corrected chi connectivity index (χ4v) is 2.25. The van der Waals surface area contributed by atoms with Crippen LogP contribution in [-0.4, -0.2) is 15.0 Å². The van der Waals surface area contributed by atoms with Crippen molar-refractivity contribution in [1.82, 2.24) is 0 Å². The van der Waals surface area contributed by atoms with Gasteiger partial charge in [0, 0.05) is 0 Å². The maximum absolute atomic E-state index is 2.36. The fraction of sp³-hybridized carbons (Fsp3) is 0.846. The normalized spacial score (nSPS) is 11.3. The molecule has 84 valence electrons. The van der Waals surface area contributed by atoms with Gasteiger partial charge in [-0.05, 0) is 0 Å². The van der Waals surface area contributed by atoms with E-state index in [4.69, 9.17) is 0 Å². The number of rotatable bonds is 10. The van der Waals surface area contributed by atoms with Crippen LogP contribution in [0.4, 0.5) is 0 Å². The summed E-state index contributed by atoms with van der Waals surface area (Å²) in [6.07, 6.45) is 15.1. The summed E-state index contributed by atoms with van der Waals surface area (Å²) in [5.74, 6) is 2.26. The van der Waals surface area contributed by atoms with Gasteiger partial charge in [0.25, 0.3) is 0 Å². The number of hydrogen-bond acceptors (Lipinski definition) is 0. The van der Waals surface area contributed by atoms with Crippen LogP contribution in [0.15, 0.2) is 11.1 Å². The van der Waals surface area contributed by atoms with Crippen molar-refractivity contribution in [2.75, 3.05) is 0 Å². The molecule has 0 aromatic rings. The molecule has 0 spiro atoms. The Kier molecular flexibility index (Phi) is 13.5. The van der Waals surface area contributed by atoms with E-state index < -0.39 is 0 Å². The number of unbranched alkanes of at least 4 members (excludes halogenated alkanes) is 8. The SMILES string of the molecule is CCCCCCCCCC/C=C\[Se]C. The summed E-state index contributed by atoms with van der Waals surface area (Å²) in [5, 5.41) is 0. The Morgan fingerprint density at radius 1 is 0.857 bits per heavy atom. The molecule has 0 aliphatic rings. The van der Waals surface area contributed by atoms with Gasteiger partial charge in [-0.15, -0.1) is 0 Å². The van der Waals surface area contributed by atoms with Crippen molar-refractivity contribution in [2.24, 2.45) is 0 Å². The molecule has 0 amide bonds. The molecule has 0 bridgehead atoms. The van der Waals surface area contributed by atoms with Gasteiger partial charge in [-0.25, -0.2) is 0 Å². The van der Waals surface area contributed by atoms with Crippen LogP contribution < -0.4 is 0 Å². The Hall–Kier alpha value is 0.259. The van der Waals surface area contributed by atoms with E-state index in [9.17, 15) is 0 Å². The van der Waals surface area contributed by atoms with Gasteiger partial charge in [-0.3, -0.25) is 0 Å². The van der Waals surface area contributed by atoms with Crippen LogP contribution in [0, 0.1) is 0 Å². The molecule has 0 atom stereocenters. The van der Waals surface area contributed by atoms with Crippen LogP contribution in [0.1, 0.15) is 64.7 Å².